The molecule has 3 amide bonds. The second-order valence-electron chi connectivity index (χ2n) is 7.16. The molecule has 2 aromatic carbocycles. The van der Waals surface area contributed by atoms with E-state index in [9.17, 15) is 14.4 Å². The zero-order chi connectivity index (χ0) is 19.9. The Morgan fingerprint density at radius 3 is 2.54 bits per heavy atom. The third-order valence-electron chi connectivity index (χ3n) is 5.57. The lowest BCUT2D eigenvalue weighted by Crippen LogP contribution is -2.45. The number of benzene rings is 2. The average Bonchev–Trinajstić information content (AvgIpc) is 3.25. The summed E-state index contributed by atoms with van der Waals surface area (Å²) >= 11 is 0. The number of hydrogen-bond acceptors (Lipinski definition) is 4. The summed E-state index contributed by atoms with van der Waals surface area (Å²) in [6.45, 7) is 0.586. The van der Waals surface area contributed by atoms with E-state index in [0.29, 0.717) is 30.0 Å². The van der Waals surface area contributed by atoms with Crippen molar-refractivity contribution in [3.8, 4) is 5.75 Å². The Bertz CT molecular complexity index is 956. The van der Waals surface area contributed by atoms with Gasteiger partial charge in [-0.15, -0.1) is 0 Å². The summed E-state index contributed by atoms with van der Waals surface area (Å²) in [5, 5.41) is 0. The molecule has 0 radical (unpaired) electrons. The van der Waals surface area contributed by atoms with Crippen molar-refractivity contribution in [2.75, 3.05) is 31.6 Å². The quantitative estimate of drug-likeness (QED) is 0.867. The molecule has 0 saturated carbocycles. The van der Waals surface area contributed by atoms with Crippen molar-refractivity contribution >= 4 is 23.4 Å². The van der Waals surface area contributed by atoms with Crippen LogP contribution in [0.3, 0.4) is 0 Å². The van der Waals surface area contributed by atoms with Crippen LogP contribution in [0.15, 0.2) is 48.5 Å². The first-order chi connectivity index (χ1) is 13.5. The van der Waals surface area contributed by atoms with Crippen molar-refractivity contribution in [1.82, 2.24) is 4.90 Å². The van der Waals surface area contributed by atoms with Crippen molar-refractivity contribution in [2.45, 2.75) is 11.8 Å². The van der Waals surface area contributed by atoms with E-state index in [1.807, 2.05) is 24.3 Å². The number of para-hydroxylation sites is 1. The van der Waals surface area contributed by atoms with E-state index in [1.54, 1.807) is 36.3 Å². The van der Waals surface area contributed by atoms with Crippen LogP contribution >= 0.6 is 0 Å². The molecule has 0 aliphatic carbocycles. The number of methoxy groups -OCH3 is 1. The molecule has 2 N–H and O–H groups in total. The van der Waals surface area contributed by atoms with Crippen LogP contribution in [0.1, 0.15) is 22.3 Å². The molecule has 1 saturated heterocycles. The van der Waals surface area contributed by atoms with Gasteiger partial charge in [0.1, 0.15) is 12.3 Å². The maximum Gasteiger partial charge on any atom is 0.253 e. The van der Waals surface area contributed by atoms with Crippen LogP contribution in [-0.2, 0) is 15.0 Å². The van der Waals surface area contributed by atoms with Gasteiger partial charge in [0, 0.05) is 24.3 Å². The van der Waals surface area contributed by atoms with Gasteiger partial charge < -0.3 is 20.3 Å². The number of anilines is 1. The highest BCUT2D eigenvalue weighted by Gasteiger charge is 2.55. The van der Waals surface area contributed by atoms with Gasteiger partial charge in [0.15, 0.2) is 0 Å². The lowest BCUT2D eigenvalue weighted by Gasteiger charge is -2.24. The van der Waals surface area contributed by atoms with Crippen LogP contribution in [0, 0.1) is 0 Å². The fraction of sp³-hybridized carbons (Fsp3) is 0.286. The summed E-state index contributed by atoms with van der Waals surface area (Å²) in [6.07, 6.45) is 0.514. The molecule has 144 valence electrons. The predicted octanol–water partition coefficient (Wildman–Crippen LogP) is 1.31. The highest BCUT2D eigenvalue weighted by molar-refractivity contribution is 6.11. The largest absolute Gasteiger partial charge is 0.497 e. The summed E-state index contributed by atoms with van der Waals surface area (Å²) in [6, 6.07) is 14.3. The van der Waals surface area contributed by atoms with Crippen LogP contribution < -0.4 is 15.4 Å². The van der Waals surface area contributed by atoms with Crippen LogP contribution in [0.25, 0.3) is 0 Å². The molecule has 28 heavy (non-hydrogen) atoms. The topological polar surface area (TPSA) is 92.9 Å². The van der Waals surface area contributed by atoms with Gasteiger partial charge >= 0.3 is 0 Å². The van der Waals surface area contributed by atoms with Gasteiger partial charge in [-0.25, -0.2) is 0 Å². The molecule has 1 spiro atoms. The number of nitrogens with two attached hydrogens (primary N) is 1. The van der Waals surface area contributed by atoms with Crippen molar-refractivity contribution in [3.63, 3.8) is 0 Å². The number of primary amides is 1. The molecule has 0 unspecified atom stereocenters. The van der Waals surface area contributed by atoms with Gasteiger partial charge in [0.05, 0.1) is 12.5 Å². The SMILES string of the molecule is COc1ccc(C(=O)N2CC[C@]3(C2)C(=O)N(CC(N)=O)c2ccccc23)cc1. The van der Waals surface area contributed by atoms with Crippen LogP contribution in [0.2, 0.25) is 0 Å². The average molecular weight is 379 g/mol. The standard InChI is InChI=1S/C21H21N3O4/c1-28-15-8-6-14(7-9-15)19(26)23-11-10-21(13-23)16-4-2-3-5-17(16)24(20(21)27)12-18(22)25/h2-9H,10-13H2,1H3,(H2,22,25)/t21-/m1/s1. The van der Waals surface area contributed by atoms with Crippen molar-refractivity contribution in [2.24, 2.45) is 5.73 Å². The number of amides is 3. The van der Waals surface area contributed by atoms with E-state index in [2.05, 4.69) is 0 Å². The molecule has 2 heterocycles. The third kappa shape index (κ3) is 2.70. The number of hydrogen-bond donors (Lipinski definition) is 1. The molecule has 1 atom stereocenters. The van der Waals surface area contributed by atoms with Gasteiger partial charge in [-0.1, -0.05) is 18.2 Å². The first-order valence-corrected chi connectivity index (χ1v) is 9.09. The summed E-state index contributed by atoms with van der Waals surface area (Å²) in [4.78, 5) is 40.8. The van der Waals surface area contributed by atoms with Gasteiger partial charge in [0.25, 0.3) is 5.91 Å². The number of carbonyl (C=O) groups excluding carboxylic acids is 3. The number of likely N-dealkylation sites (tertiary alicyclic amines) is 1. The fourth-order valence-electron chi connectivity index (χ4n) is 4.20. The summed E-state index contributed by atoms with van der Waals surface area (Å²) < 4.78 is 5.13. The second kappa shape index (κ2) is 6.67. The first-order valence-electron chi connectivity index (χ1n) is 9.09. The maximum atomic E-state index is 13.3. The Kier molecular flexibility index (Phi) is 4.30. The Balaban J connectivity index is 1.63. The predicted molar refractivity (Wildman–Crippen MR) is 103 cm³/mol. The number of rotatable bonds is 4. The Labute approximate surface area is 162 Å². The van der Waals surface area contributed by atoms with Crippen LogP contribution in [-0.4, -0.2) is 49.4 Å². The van der Waals surface area contributed by atoms with Crippen molar-refractivity contribution in [3.05, 3.63) is 59.7 Å². The molecule has 0 aromatic heterocycles. The minimum atomic E-state index is -0.825. The van der Waals surface area contributed by atoms with Gasteiger partial charge in [-0.3, -0.25) is 14.4 Å². The number of nitrogens with zero attached hydrogens (tertiary/aromatic N) is 2. The minimum absolute atomic E-state index is 0.127. The Morgan fingerprint density at radius 2 is 1.86 bits per heavy atom. The molecular weight excluding hydrogens is 358 g/mol. The second-order valence-corrected chi connectivity index (χ2v) is 7.16. The molecule has 0 bridgehead atoms. The lowest BCUT2D eigenvalue weighted by atomic mass is 9.81. The zero-order valence-corrected chi connectivity index (χ0v) is 15.6. The third-order valence-corrected chi connectivity index (χ3v) is 5.57. The van der Waals surface area contributed by atoms with Gasteiger partial charge in [0.2, 0.25) is 11.8 Å². The van der Waals surface area contributed by atoms with Gasteiger partial charge in [-0.2, -0.15) is 0 Å². The van der Waals surface area contributed by atoms with Crippen molar-refractivity contribution in [1.29, 1.82) is 0 Å². The van der Waals surface area contributed by atoms with E-state index >= 15 is 0 Å². The van der Waals surface area contributed by atoms with E-state index in [1.165, 1.54) is 4.90 Å². The van der Waals surface area contributed by atoms with Crippen molar-refractivity contribution < 1.29 is 19.1 Å². The van der Waals surface area contributed by atoms with E-state index in [4.69, 9.17) is 10.5 Å². The monoisotopic (exact) mass is 379 g/mol. The van der Waals surface area contributed by atoms with Crippen LogP contribution in [0.5, 0.6) is 5.75 Å². The summed E-state index contributed by atoms with van der Waals surface area (Å²) in [5.41, 5.74) is 6.62. The molecular formula is C21H21N3O4. The van der Waals surface area contributed by atoms with E-state index in [-0.39, 0.29) is 24.9 Å². The molecule has 4 rings (SSSR count). The highest BCUT2D eigenvalue weighted by atomic mass is 16.5. The molecule has 2 aliphatic heterocycles. The first kappa shape index (κ1) is 18.0. The van der Waals surface area contributed by atoms with Crippen LogP contribution in [0.4, 0.5) is 5.69 Å². The molecule has 1 fully saturated rings. The Morgan fingerprint density at radius 1 is 1.14 bits per heavy atom. The van der Waals surface area contributed by atoms with Gasteiger partial charge in [-0.05, 0) is 42.3 Å². The molecule has 2 aliphatic rings. The smallest absolute Gasteiger partial charge is 0.253 e. The molecule has 7 heteroatoms. The van der Waals surface area contributed by atoms with E-state index in [0.717, 1.165) is 5.56 Å². The zero-order valence-electron chi connectivity index (χ0n) is 15.6. The van der Waals surface area contributed by atoms with E-state index < -0.39 is 11.3 Å². The maximum absolute atomic E-state index is 13.3. The minimum Gasteiger partial charge on any atom is -0.497 e. The summed E-state index contributed by atoms with van der Waals surface area (Å²) in [5.74, 6) is -0.184. The number of ether oxygens (including phenoxy) is 1. The number of carbonyl (C=O) groups is 3. The summed E-state index contributed by atoms with van der Waals surface area (Å²) in [7, 11) is 1.57. The fourth-order valence-corrected chi connectivity index (χ4v) is 4.20. The molecule has 7 nitrogen and oxygen atoms in total. The lowest BCUT2D eigenvalue weighted by molar-refractivity contribution is -0.125. The Hall–Kier alpha value is -3.35. The highest BCUT2D eigenvalue weighted by Crippen LogP contribution is 2.47. The molecule has 2 aromatic rings. The normalized spacial score (nSPS) is 20.5. The number of fused-ring (bicyclic) bond motifs is 2.